The molecule has 2 N–H and O–H groups in total. The minimum atomic E-state index is -3.32. The summed E-state index contributed by atoms with van der Waals surface area (Å²) in [5.41, 5.74) is 0. The average Bonchev–Trinajstić information content (AvgIpc) is 2.11. The van der Waals surface area contributed by atoms with Gasteiger partial charge in [-0.1, -0.05) is 20.8 Å². The Kier molecular flexibility index (Phi) is 5.82. The van der Waals surface area contributed by atoms with Crippen molar-refractivity contribution >= 4 is 16.0 Å². The van der Waals surface area contributed by atoms with Gasteiger partial charge in [0.15, 0.2) is 0 Å². The number of aliphatic carboxylic acids is 1. The van der Waals surface area contributed by atoms with Crippen molar-refractivity contribution in [1.29, 1.82) is 0 Å². The Bertz CT molecular complexity index is 297. The first kappa shape index (κ1) is 14.4. The molecule has 0 aromatic carbocycles. The second-order valence-electron chi connectivity index (χ2n) is 4.09. The van der Waals surface area contributed by atoms with Crippen molar-refractivity contribution in [2.24, 2.45) is 11.8 Å². The molecule has 0 radical (unpaired) electrons. The number of carbonyl (C=O) groups is 1. The number of carboxylic acid groups (broad SMARTS) is 1. The van der Waals surface area contributed by atoms with E-state index < -0.39 is 21.9 Å². The van der Waals surface area contributed by atoms with Gasteiger partial charge in [-0.05, 0) is 12.3 Å². The molecule has 0 saturated carbocycles. The van der Waals surface area contributed by atoms with E-state index >= 15 is 0 Å². The van der Waals surface area contributed by atoms with Gasteiger partial charge in [-0.25, -0.2) is 13.1 Å². The second kappa shape index (κ2) is 6.07. The van der Waals surface area contributed by atoms with Gasteiger partial charge in [0.1, 0.15) is 0 Å². The maximum atomic E-state index is 11.4. The summed E-state index contributed by atoms with van der Waals surface area (Å²) in [6.07, 6.45) is 0.580. The largest absolute Gasteiger partial charge is 0.481 e. The van der Waals surface area contributed by atoms with E-state index in [1.54, 1.807) is 0 Å². The fraction of sp³-hybridized carbons (Fsp3) is 0.889. The number of hydrogen-bond donors (Lipinski definition) is 2. The Morgan fingerprint density at radius 2 is 1.87 bits per heavy atom. The van der Waals surface area contributed by atoms with Crippen molar-refractivity contribution < 1.29 is 18.3 Å². The molecule has 0 amide bonds. The van der Waals surface area contributed by atoms with Gasteiger partial charge in [0.25, 0.3) is 0 Å². The molecular weight excluding hydrogens is 218 g/mol. The number of carboxylic acids is 1. The molecule has 0 aliphatic heterocycles. The van der Waals surface area contributed by atoms with Crippen LogP contribution in [0.25, 0.3) is 0 Å². The topological polar surface area (TPSA) is 83.5 Å². The van der Waals surface area contributed by atoms with Gasteiger partial charge in [-0.15, -0.1) is 0 Å². The monoisotopic (exact) mass is 237 g/mol. The summed E-state index contributed by atoms with van der Waals surface area (Å²) in [6.45, 7) is 5.30. The van der Waals surface area contributed by atoms with Gasteiger partial charge >= 0.3 is 5.97 Å². The number of rotatable bonds is 7. The predicted molar refractivity (Wildman–Crippen MR) is 58.0 cm³/mol. The van der Waals surface area contributed by atoms with Crippen LogP contribution in [-0.4, -0.2) is 31.8 Å². The van der Waals surface area contributed by atoms with Crippen LogP contribution in [0.1, 0.15) is 27.2 Å². The zero-order valence-electron chi connectivity index (χ0n) is 9.36. The second-order valence-corrected chi connectivity index (χ2v) is 6.02. The van der Waals surface area contributed by atoms with E-state index in [1.807, 2.05) is 13.8 Å². The molecule has 6 heteroatoms. The fourth-order valence-corrected chi connectivity index (χ4v) is 2.23. The Morgan fingerprint density at radius 1 is 1.33 bits per heavy atom. The molecule has 0 fully saturated rings. The summed E-state index contributed by atoms with van der Waals surface area (Å²) in [5, 5.41) is 8.56. The van der Waals surface area contributed by atoms with Gasteiger partial charge in [0.05, 0.1) is 11.7 Å². The highest BCUT2D eigenvalue weighted by Crippen LogP contribution is 2.02. The molecule has 0 aliphatic rings. The Balaban J connectivity index is 4.00. The maximum absolute atomic E-state index is 11.4. The Morgan fingerprint density at radius 3 is 2.27 bits per heavy atom. The lowest BCUT2D eigenvalue weighted by atomic mass is 10.2. The third-order valence-electron chi connectivity index (χ3n) is 1.99. The summed E-state index contributed by atoms with van der Waals surface area (Å²) >= 11 is 0. The van der Waals surface area contributed by atoms with E-state index in [4.69, 9.17) is 5.11 Å². The van der Waals surface area contributed by atoms with Crippen LogP contribution in [0.5, 0.6) is 0 Å². The van der Waals surface area contributed by atoms with Crippen LogP contribution >= 0.6 is 0 Å². The number of hydrogen-bond acceptors (Lipinski definition) is 3. The van der Waals surface area contributed by atoms with Crippen molar-refractivity contribution in [3.8, 4) is 0 Å². The molecule has 0 aliphatic carbocycles. The minimum absolute atomic E-state index is 0.0459. The number of nitrogens with one attached hydrogen (secondary N) is 1. The van der Waals surface area contributed by atoms with Gasteiger partial charge in [-0.3, -0.25) is 4.79 Å². The zero-order valence-corrected chi connectivity index (χ0v) is 10.2. The summed E-state index contributed by atoms with van der Waals surface area (Å²) in [7, 11) is -3.32. The van der Waals surface area contributed by atoms with E-state index in [1.165, 1.54) is 6.92 Å². The Labute approximate surface area is 90.9 Å². The lowest BCUT2D eigenvalue weighted by Crippen LogP contribution is -2.33. The predicted octanol–water partition coefficient (Wildman–Crippen LogP) is 0.673. The molecule has 0 bridgehead atoms. The minimum Gasteiger partial charge on any atom is -0.481 e. The fourth-order valence-electron chi connectivity index (χ4n) is 0.802. The molecule has 90 valence electrons. The molecule has 1 unspecified atom stereocenters. The van der Waals surface area contributed by atoms with E-state index in [9.17, 15) is 13.2 Å². The van der Waals surface area contributed by atoms with E-state index in [0.29, 0.717) is 12.3 Å². The van der Waals surface area contributed by atoms with Crippen LogP contribution in [0.3, 0.4) is 0 Å². The first-order valence-electron chi connectivity index (χ1n) is 4.94. The summed E-state index contributed by atoms with van der Waals surface area (Å²) in [4.78, 5) is 10.4. The molecule has 5 nitrogen and oxygen atoms in total. The third kappa shape index (κ3) is 7.33. The van der Waals surface area contributed by atoms with Crippen molar-refractivity contribution in [2.75, 3.05) is 12.3 Å². The number of sulfonamides is 1. The zero-order chi connectivity index (χ0) is 12.1. The smallest absolute Gasteiger partial charge is 0.307 e. The molecule has 15 heavy (non-hydrogen) atoms. The van der Waals surface area contributed by atoms with Crippen molar-refractivity contribution in [3.05, 3.63) is 0 Å². The van der Waals surface area contributed by atoms with Crippen LogP contribution < -0.4 is 4.72 Å². The molecule has 0 heterocycles. The first-order valence-corrected chi connectivity index (χ1v) is 6.60. The van der Waals surface area contributed by atoms with E-state index in [-0.39, 0.29) is 12.3 Å². The van der Waals surface area contributed by atoms with Crippen LogP contribution in [0.15, 0.2) is 0 Å². The van der Waals surface area contributed by atoms with Crippen molar-refractivity contribution in [3.63, 3.8) is 0 Å². The first-order chi connectivity index (χ1) is 6.74. The van der Waals surface area contributed by atoms with Crippen LogP contribution in [0, 0.1) is 11.8 Å². The van der Waals surface area contributed by atoms with Crippen LogP contribution in [-0.2, 0) is 14.8 Å². The summed E-state index contributed by atoms with van der Waals surface area (Å²) in [5.74, 6) is -1.32. The lowest BCUT2D eigenvalue weighted by Gasteiger charge is -2.10. The molecule has 0 rings (SSSR count). The molecule has 0 aromatic heterocycles. The molecule has 0 spiro atoms. The van der Waals surface area contributed by atoms with Gasteiger partial charge < -0.3 is 5.11 Å². The molecule has 1 atom stereocenters. The quantitative estimate of drug-likeness (QED) is 0.681. The van der Waals surface area contributed by atoms with E-state index in [0.717, 1.165) is 0 Å². The normalized spacial score (nSPS) is 14.1. The molecule has 0 saturated heterocycles. The SMILES string of the molecule is CC(C)CCS(=O)(=O)NCC(C)C(=O)O. The summed E-state index contributed by atoms with van der Waals surface area (Å²) < 4.78 is 25.0. The Hall–Kier alpha value is -0.620. The lowest BCUT2D eigenvalue weighted by molar-refractivity contribution is -0.140. The highest BCUT2D eigenvalue weighted by molar-refractivity contribution is 7.89. The molecule has 0 aromatic rings. The highest BCUT2D eigenvalue weighted by atomic mass is 32.2. The van der Waals surface area contributed by atoms with Crippen molar-refractivity contribution in [1.82, 2.24) is 4.72 Å². The maximum Gasteiger partial charge on any atom is 0.307 e. The highest BCUT2D eigenvalue weighted by Gasteiger charge is 2.16. The standard InChI is InChI=1S/C9H19NO4S/c1-7(2)4-5-15(13,14)10-6-8(3)9(11)12/h7-8,10H,4-6H2,1-3H3,(H,11,12). The third-order valence-corrected chi connectivity index (χ3v) is 3.37. The van der Waals surface area contributed by atoms with Crippen LogP contribution in [0.4, 0.5) is 0 Å². The average molecular weight is 237 g/mol. The van der Waals surface area contributed by atoms with Gasteiger partial charge in [0, 0.05) is 6.54 Å². The van der Waals surface area contributed by atoms with Crippen LogP contribution in [0.2, 0.25) is 0 Å². The van der Waals surface area contributed by atoms with Gasteiger partial charge in [-0.2, -0.15) is 0 Å². The van der Waals surface area contributed by atoms with Gasteiger partial charge in [0.2, 0.25) is 10.0 Å². The molecular formula is C9H19NO4S. The van der Waals surface area contributed by atoms with Crippen molar-refractivity contribution in [2.45, 2.75) is 27.2 Å². The van der Waals surface area contributed by atoms with E-state index in [2.05, 4.69) is 4.72 Å². The summed E-state index contributed by atoms with van der Waals surface area (Å²) in [6, 6.07) is 0.